The number of carbonyl (C=O) groups is 2. The highest BCUT2D eigenvalue weighted by atomic mass is 16.2. The first-order valence-corrected chi connectivity index (χ1v) is 14.3. The minimum absolute atomic E-state index is 0.216. The third-order valence-corrected chi connectivity index (χ3v) is 6.75. The van der Waals surface area contributed by atoms with Crippen molar-refractivity contribution < 1.29 is 9.59 Å². The Morgan fingerprint density at radius 2 is 0.941 bits per heavy atom. The van der Waals surface area contributed by atoms with Crippen LogP contribution in [-0.4, -0.2) is 18.4 Å². The minimum atomic E-state index is -0.565. The van der Waals surface area contributed by atoms with E-state index in [-0.39, 0.29) is 11.5 Å². The summed E-state index contributed by atoms with van der Waals surface area (Å²) in [4.78, 5) is 23.7. The van der Waals surface area contributed by atoms with Gasteiger partial charge in [-0.05, 0) is 18.6 Å². The lowest BCUT2D eigenvalue weighted by atomic mass is 10.0. The summed E-state index contributed by atoms with van der Waals surface area (Å²) in [7, 11) is 0. The average molecular weight is 473 g/mol. The topological polar surface area (TPSA) is 72.2 Å². The van der Waals surface area contributed by atoms with Gasteiger partial charge in [-0.25, -0.2) is 0 Å². The first-order chi connectivity index (χ1) is 16.7. The third-order valence-electron chi connectivity index (χ3n) is 6.75. The molecular formula is C30H52N2O2. The van der Waals surface area contributed by atoms with Crippen molar-refractivity contribution in [3.8, 4) is 0 Å². The predicted octanol–water partition coefficient (Wildman–Crippen LogP) is 8.34. The van der Waals surface area contributed by atoms with Gasteiger partial charge in [0.1, 0.15) is 0 Å². The van der Waals surface area contributed by atoms with Crippen molar-refractivity contribution in [2.24, 2.45) is 5.73 Å². The molecule has 0 aliphatic rings. The van der Waals surface area contributed by atoms with Gasteiger partial charge in [-0.1, -0.05) is 141 Å². The number of nitrogens with two attached hydrogens (primary N) is 1. The van der Waals surface area contributed by atoms with Crippen molar-refractivity contribution in [3.05, 3.63) is 35.4 Å². The molecule has 4 heteroatoms. The maximum absolute atomic E-state index is 12.3. The Morgan fingerprint density at radius 3 is 1.32 bits per heavy atom. The first-order valence-electron chi connectivity index (χ1n) is 14.3. The van der Waals surface area contributed by atoms with Gasteiger partial charge in [-0.3, -0.25) is 9.59 Å². The van der Waals surface area contributed by atoms with E-state index >= 15 is 0 Å². The Bertz CT molecular complexity index is 644. The molecule has 0 saturated carbocycles. The second-order valence-electron chi connectivity index (χ2n) is 9.88. The zero-order chi connectivity index (χ0) is 24.7. The van der Waals surface area contributed by atoms with Gasteiger partial charge in [0.25, 0.3) is 5.91 Å². The van der Waals surface area contributed by atoms with Crippen LogP contribution in [0.3, 0.4) is 0 Å². The summed E-state index contributed by atoms with van der Waals surface area (Å²) in [5, 5.41) is 2.91. The van der Waals surface area contributed by atoms with Crippen molar-refractivity contribution in [1.29, 1.82) is 0 Å². The molecule has 1 aromatic carbocycles. The molecule has 0 aromatic heterocycles. The Labute approximate surface area is 209 Å². The molecule has 0 spiro atoms. The highest BCUT2D eigenvalue weighted by Gasteiger charge is 2.13. The number of unbranched alkanes of at least 4 members (excludes halogenated alkanes) is 19. The first kappa shape index (κ1) is 30.2. The third kappa shape index (κ3) is 15.9. The SMILES string of the molecule is CCCCCCCCCCCCCCCCCCCCCCNC(=O)c1ccccc1C(N)=O. The number of hydrogen-bond acceptors (Lipinski definition) is 2. The number of primary amides is 1. The zero-order valence-corrected chi connectivity index (χ0v) is 22.1. The minimum Gasteiger partial charge on any atom is -0.366 e. The lowest BCUT2D eigenvalue weighted by molar-refractivity contribution is 0.0935. The van der Waals surface area contributed by atoms with E-state index in [1.54, 1.807) is 24.3 Å². The van der Waals surface area contributed by atoms with E-state index in [2.05, 4.69) is 12.2 Å². The van der Waals surface area contributed by atoms with E-state index < -0.39 is 5.91 Å². The molecule has 1 aromatic rings. The number of carbonyl (C=O) groups excluding carboxylic acids is 2. The van der Waals surface area contributed by atoms with E-state index in [0.29, 0.717) is 12.1 Å². The quantitative estimate of drug-likeness (QED) is 0.157. The Balaban J connectivity index is 1.82. The standard InChI is InChI=1S/C30H52N2O2/c1-2-3-4-5-6-7-8-9-10-11-12-13-14-15-16-17-18-19-20-23-26-32-30(34)28-25-22-21-24-27(28)29(31)33/h21-22,24-25H,2-20,23,26H2,1H3,(H2,31,33)(H,32,34). The molecule has 4 nitrogen and oxygen atoms in total. The second-order valence-corrected chi connectivity index (χ2v) is 9.88. The number of nitrogens with one attached hydrogen (secondary N) is 1. The lowest BCUT2D eigenvalue weighted by Gasteiger charge is -2.08. The van der Waals surface area contributed by atoms with E-state index in [4.69, 9.17) is 5.73 Å². The average Bonchev–Trinajstić information content (AvgIpc) is 2.84. The largest absolute Gasteiger partial charge is 0.366 e. The highest BCUT2D eigenvalue weighted by Crippen LogP contribution is 2.15. The molecule has 1 rings (SSSR count). The van der Waals surface area contributed by atoms with Gasteiger partial charge in [0.15, 0.2) is 0 Å². The van der Waals surface area contributed by atoms with Gasteiger partial charge in [-0.2, -0.15) is 0 Å². The molecule has 0 bridgehead atoms. The summed E-state index contributed by atoms with van der Waals surface area (Å²) < 4.78 is 0. The molecule has 3 N–H and O–H groups in total. The Kier molecular flexibility index (Phi) is 19.2. The molecule has 0 fully saturated rings. The van der Waals surface area contributed by atoms with Crippen molar-refractivity contribution in [1.82, 2.24) is 5.32 Å². The summed E-state index contributed by atoms with van der Waals surface area (Å²) in [5.41, 5.74) is 5.99. The molecular weight excluding hydrogens is 420 g/mol. The molecule has 194 valence electrons. The molecule has 2 amide bonds. The Hall–Kier alpha value is -1.84. The van der Waals surface area contributed by atoms with Crippen LogP contribution in [0.2, 0.25) is 0 Å². The fourth-order valence-corrected chi connectivity index (χ4v) is 4.57. The van der Waals surface area contributed by atoms with E-state index in [0.717, 1.165) is 12.8 Å². The predicted molar refractivity (Wildman–Crippen MR) is 145 cm³/mol. The van der Waals surface area contributed by atoms with Crippen molar-refractivity contribution in [2.75, 3.05) is 6.54 Å². The Morgan fingerprint density at radius 1 is 0.588 bits per heavy atom. The van der Waals surface area contributed by atoms with Gasteiger partial charge in [0, 0.05) is 6.54 Å². The monoisotopic (exact) mass is 472 g/mol. The van der Waals surface area contributed by atoms with E-state index in [1.165, 1.54) is 116 Å². The molecule has 0 unspecified atom stereocenters. The fourth-order valence-electron chi connectivity index (χ4n) is 4.57. The summed E-state index contributed by atoms with van der Waals surface area (Å²) in [6.45, 7) is 2.93. The summed E-state index contributed by atoms with van der Waals surface area (Å²) in [5.74, 6) is -0.781. The van der Waals surface area contributed by atoms with Crippen molar-refractivity contribution >= 4 is 11.8 Å². The fraction of sp³-hybridized carbons (Fsp3) is 0.733. The van der Waals surface area contributed by atoms with Gasteiger partial charge in [-0.15, -0.1) is 0 Å². The summed E-state index contributed by atoms with van der Waals surface area (Å²) in [6, 6.07) is 6.71. The second kappa shape index (κ2) is 21.7. The number of amides is 2. The lowest BCUT2D eigenvalue weighted by Crippen LogP contribution is -2.27. The summed E-state index contributed by atoms with van der Waals surface area (Å²) >= 11 is 0. The summed E-state index contributed by atoms with van der Waals surface area (Å²) in [6.07, 6.45) is 27.2. The van der Waals surface area contributed by atoms with Gasteiger partial charge >= 0.3 is 0 Å². The molecule has 0 aliphatic carbocycles. The smallest absolute Gasteiger partial charge is 0.252 e. The van der Waals surface area contributed by atoms with Crippen LogP contribution in [0.1, 0.15) is 156 Å². The number of hydrogen-bond donors (Lipinski definition) is 2. The van der Waals surface area contributed by atoms with Crippen LogP contribution in [0.4, 0.5) is 0 Å². The zero-order valence-electron chi connectivity index (χ0n) is 22.1. The number of benzene rings is 1. The van der Waals surface area contributed by atoms with Crippen LogP contribution >= 0.6 is 0 Å². The van der Waals surface area contributed by atoms with Crippen molar-refractivity contribution in [2.45, 2.75) is 135 Å². The van der Waals surface area contributed by atoms with Crippen LogP contribution in [0.25, 0.3) is 0 Å². The maximum atomic E-state index is 12.3. The van der Waals surface area contributed by atoms with E-state index in [9.17, 15) is 9.59 Å². The van der Waals surface area contributed by atoms with Crippen molar-refractivity contribution in [3.63, 3.8) is 0 Å². The van der Waals surface area contributed by atoms with Gasteiger partial charge in [0.05, 0.1) is 11.1 Å². The van der Waals surface area contributed by atoms with Gasteiger partial charge in [0.2, 0.25) is 5.91 Å². The normalized spacial score (nSPS) is 11.0. The van der Waals surface area contributed by atoms with Crippen LogP contribution in [0, 0.1) is 0 Å². The molecule has 0 radical (unpaired) electrons. The molecule has 0 aliphatic heterocycles. The highest BCUT2D eigenvalue weighted by molar-refractivity contribution is 6.06. The molecule has 0 heterocycles. The molecule has 0 atom stereocenters. The van der Waals surface area contributed by atoms with Crippen LogP contribution in [0.5, 0.6) is 0 Å². The maximum Gasteiger partial charge on any atom is 0.252 e. The molecule has 34 heavy (non-hydrogen) atoms. The van der Waals surface area contributed by atoms with Gasteiger partial charge < -0.3 is 11.1 Å². The van der Waals surface area contributed by atoms with E-state index in [1.807, 2.05) is 0 Å². The molecule has 0 saturated heterocycles. The van der Waals surface area contributed by atoms with Crippen LogP contribution in [-0.2, 0) is 0 Å². The number of rotatable bonds is 23. The van der Waals surface area contributed by atoms with Crippen LogP contribution in [0.15, 0.2) is 24.3 Å². The van der Waals surface area contributed by atoms with Crippen LogP contribution < -0.4 is 11.1 Å².